The summed E-state index contributed by atoms with van der Waals surface area (Å²) in [5, 5.41) is 0.951. The molecule has 4 nitrogen and oxygen atoms in total. The van der Waals surface area contributed by atoms with Crippen molar-refractivity contribution < 1.29 is 9.47 Å². The van der Waals surface area contributed by atoms with E-state index in [1.807, 2.05) is 24.3 Å². The molecule has 0 bridgehead atoms. The molecule has 0 saturated carbocycles. The smallest absolute Gasteiger partial charge is 0.145 e. The zero-order valence-electron chi connectivity index (χ0n) is 10.8. The molecule has 19 heavy (non-hydrogen) atoms. The maximum absolute atomic E-state index is 5.95. The van der Waals surface area contributed by atoms with Crippen molar-refractivity contribution in [2.24, 2.45) is 5.92 Å². The molecule has 1 aliphatic rings. The standard InChI is InChI=1S/C15H18N2O2/c16-13-3-4-14(15-12(13)2-1-7-17-15)19-10-11-5-8-18-9-6-11/h1-4,7,11H,5-6,8-10,16H2. The molecule has 0 radical (unpaired) electrons. The second-order valence-corrected chi connectivity index (χ2v) is 4.92. The normalized spacial score (nSPS) is 16.6. The van der Waals surface area contributed by atoms with Crippen LogP contribution in [0.5, 0.6) is 5.75 Å². The Hall–Kier alpha value is -1.81. The molecule has 0 aliphatic carbocycles. The molecule has 2 aromatic rings. The highest BCUT2D eigenvalue weighted by molar-refractivity contribution is 5.94. The van der Waals surface area contributed by atoms with Gasteiger partial charge < -0.3 is 15.2 Å². The number of rotatable bonds is 3. The fourth-order valence-electron chi connectivity index (χ4n) is 2.41. The first-order valence-corrected chi connectivity index (χ1v) is 6.68. The third kappa shape index (κ3) is 2.63. The molecule has 1 saturated heterocycles. The maximum Gasteiger partial charge on any atom is 0.145 e. The number of pyridine rings is 1. The van der Waals surface area contributed by atoms with Crippen LogP contribution in [0.2, 0.25) is 0 Å². The predicted octanol–water partition coefficient (Wildman–Crippen LogP) is 2.62. The van der Waals surface area contributed by atoms with Crippen molar-refractivity contribution >= 4 is 16.6 Å². The van der Waals surface area contributed by atoms with E-state index in [1.54, 1.807) is 6.20 Å². The van der Waals surface area contributed by atoms with Gasteiger partial charge in [0.05, 0.1) is 6.61 Å². The summed E-state index contributed by atoms with van der Waals surface area (Å²) in [5.41, 5.74) is 7.53. The van der Waals surface area contributed by atoms with Crippen molar-refractivity contribution in [3.63, 3.8) is 0 Å². The quantitative estimate of drug-likeness (QED) is 0.860. The second kappa shape index (κ2) is 5.45. The molecule has 4 heteroatoms. The first-order valence-electron chi connectivity index (χ1n) is 6.68. The lowest BCUT2D eigenvalue weighted by atomic mass is 10.0. The first kappa shape index (κ1) is 12.2. The summed E-state index contributed by atoms with van der Waals surface area (Å²) in [5.74, 6) is 1.39. The van der Waals surface area contributed by atoms with Gasteiger partial charge in [0.2, 0.25) is 0 Å². The Kier molecular flexibility index (Phi) is 3.51. The summed E-state index contributed by atoms with van der Waals surface area (Å²) in [6.07, 6.45) is 3.91. The van der Waals surface area contributed by atoms with Crippen LogP contribution in [-0.2, 0) is 4.74 Å². The fourth-order valence-corrected chi connectivity index (χ4v) is 2.41. The topological polar surface area (TPSA) is 57.4 Å². The van der Waals surface area contributed by atoms with Gasteiger partial charge in [0.25, 0.3) is 0 Å². The molecule has 0 unspecified atom stereocenters. The van der Waals surface area contributed by atoms with E-state index in [0.717, 1.165) is 55.0 Å². The van der Waals surface area contributed by atoms with E-state index < -0.39 is 0 Å². The number of nitrogens with two attached hydrogens (primary N) is 1. The van der Waals surface area contributed by atoms with Gasteiger partial charge in [-0.1, -0.05) is 0 Å². The third-order valence-corrected chi connectivity index (χ3v) is 3.58. The van der Waals surface area contributed by atoms with Gasteiger partial charge in [-0.15, -0.1) is 0 Å². The van der Waals surface area contributed by atoms with E-state index in [0.29, 0.717) is 5.92 Å². The Morgan fingerprint density at radius 3 is 2.95 bits per heavy atom. The molecule has 0 atom stereocenters. The van der Waals surface area contributed by atoms with Crippen molar-refractivity contribution in [1.29, 1.82) is 0 Å². The minimum absolute atomic E-state index is 0.574. The lowest BCUT2D eigenvalue weighted by molar-refractivity contribution is 0.0499. The number of fused-ring (bicyclic) bond motifs is 1. The zero-order valence-corrected chi connectivity index (χ0v) is 10.8. The van der Waals surface area contributed by atoms with Gasteiger partial charge in [-0.3, -0.25) is 4.98 Å². The van der Waals surface area contributed by atoms with Crippen molar-refractivity contribution in [1.82, 2.24) is 4.98 Å². The monoisotopic (exact) mass is 258 g/mol. The maximum atomic E-state index is 5.95. The summed E-state index contributed by atoms with van der Waals surface area (Å²) in [4.78, 5) is 4.38. The number of ether oxygens (including phenoxy) is 2. The van der Waals surface area contributed by atoms with Gasteiger partial charge in [-0.05, 0) is 43.0 Å². The summed E-state index contributed by atoms with van der Waals surface area (Å²) in [6, 6.07) is 7.65. The molecule has 3 rings (SSSR count). The van der Waals surface area contributed by atoms with Crippen molar-refractivity contribution in [3.8, 4) is 5.75 Å². The Labute approximate surface area is 112 Å². The van der Waals surface area contributed by atoms with E-state index in [9.17, 15) is 0 Å². The van der Waals surface area contributed by atoms with Crippen molar-refractivity contribution in [3.05, 3.63) is 30.5 Å². The lowest BCUT2D eigenvalue weighted by Crippen LogP contribution is -2.21. The molecule has 2 N–H and O–H groups in total. The van der Waals surface area contributed by atoms with Crippen LogP contribution in [0.25, 0.3) is 10.9 Å². The Morgan fingerprint density at radius 2 is 2.11 bits per heavy atom. The summed E-state index contributed by atoms with van der Waals surface area (Å²) >= 11 is 0. The molecule has 0 amide bonds. The van der Waals surface area contributed by atoms with Crippen LogP contribution in [0.1, 0.15) is 12.8 Å². The van der Waals surface area contributed by atoms with Crippen LogP contribution in [-0.4, -0.2) is 24.8 Å². The highest BCUT2D eigenvalue weighted by Gasteiger charge is 2.15. The van der Waals surface area contributed by atoms with Crippen LogP contribution in [0.15, 0.2) is 30.5 Å². The SMILES string of the molecule is Nc1ccc(OCC2CCOCC2)c2ncccc12. The molecule has 1 aliphatic heterocycles. The van der Waals surface area contributed by atoms with Gasteiger partial charge in [0.15, 0.2) is 0 Å². The minimum Gasteiger partial charge on any atom is -0.491 e. The molecular formula is C15H18N2O2. The van der Waals surface area contributed by atoms with E-state index in [1.165, 1.54) is 0 Å². The fraction of sp³-hybridized carbons (Fsp3) is 0.400. The number of nitrogens with zero attached hydrogens (tertiary/aromatic N) is 1. The molecular weight excluding hydrogens is 240 g/mol. The third-order valence-electron chi connectivity index (χ3n) is 3.58. The Bertz CT molecular complexity index is 565. The number of hydrogen-bond acceptors (Lipinski definition) is 4. The molecule has 2 heterocycles. The largest absolute Gasteiger partial charge is 0.491 e. The van der Waals surface area contributed by atoms with E-state index in [-0.39, 0.29) is 0 Å². The summed E-state index contributed by atoms with van der Waals surface area (Å²) < 4.78 is 11.3. The molecule has 100 valence electrons. The summed E-state index contributed by atoms with van der Waals surface area (Å²) in [6.45, 7) is 2.41. The van der Waals surface area contributed by atoms with Gasteiger partial charge >= 0.3 is 0 Å². The number of anilines is 1. The Morgan fingerprint density at radius 1 is 1.26 bits per heavy atom. The van der Waals surface area contributed by atoms with Crippen LogP contribution in [0, 0.1) is 5.92 Å². The highest BCUT2D eigenvalue weighted by atomic mass is 16.5. The van der Waals surface area contributed by atoms with Crippen molar-refractivity contribution in [2.45, 2.75) is 12.8 Å². The Balaban J connectivity index is 1.79. The van der Waals surface area contributed by atoms with Gasteiger partial charge in [0.1, 0.15) is 11.3 Å². The molecule has 1 aromatic heterocycles. The second-order valence-electron chi connectivity index (χ2n) is 4.92. The van der Waals surface area contributed by atoms with E-state index >= 15 is 0 Å². The van der Waals surface area contributed by atoms with Gasteiger partial charge in [-0.2, -0.15) is 0 Å². The average Bonchev–Trinajstić information content (AvgIpc) is 2.48. The van der Waals surface area contributed by atoms with Gasteiger partial charge in [-0.25, -0.2) is 0 Å². The number of nitrogen functional groups attached to an aromatic ring is 1. The number of hydrogen-bond donors (Lipinski definition) is 1. The highest BCUT2D eigenvalue weighted by Crippen LogP contribution is 2.29. The van der Waals surface area contributed by atoms with Crippen LogP contribution in [0.4, 0.5) is 5.69 Å². The number of benzene rings is 1. The predicted molar refractivity (Wildman–Crippen MR) is 75.2 cm³/mol. The number of aromatic nitrogens is 1. The minimum atomic E-state index is 0.574. The van der Waals surface area contributed by atoms with Crippen molar-refractivity contribution in [2.75, 3.05) is 25.6 Å². The zero-order chi connectivity index (χ0) is 13.1. The average molecular weight is 258 g/mol. The van der Waals surface area contributed by atoms with Crippen LogP contribution >= 0.6 is 0 Å². The lowest BCUT2D eigenvalue weighted by Gasteiger charge is -2.22. The summed E-state index contributed by atoms with van der Waals surface area (Å²) in [7, 11) is 0. The molecule has 0 spiro atoms. The van der Waals surface area contributed by atoms with E-state index in [2.05, 4.69) is 4.98 Å². The molecule has 1 aromatic carbocycles. The van der Waals surface area contributed by atoms with E-state index in [4.69, 9.17) is 15.2 Å². The first-order chi connectivity index (χ1) is 9.34. The van der Waals surface area contributed by atoms with Crippen LogP contribution < -0.4 is 10.5 Å². The molecule has 1 fully saturated rings. The van der Waals surface area contributed by atoms with Gasteiger partial charge in [0, 0.05) is 30.5 Å². The van der Waals surface area contributed by atoms with Crippen LogP contribution in [0.3, 0.4) is 0 Å².